The highest BCUT2D eigenvalue weighted by Crippen LogP contribution is 2.20. The smallest absolute Gasteiger partial charge is 0.148 e. The van der Waals surface area contributed by atoms with Crippen LogP contribution in [-0.4, -0.2) is 13.7 Å². The Hall–Kier alpha value is -2.60. The number of hydrogen-bond donors (Lipinski definition) is 1. The fraction of sp³-hybridized carbons (Fsp3) is 0.176. The van der Waals surface area contributed by atoms with Crippen molar-refractivity contribution in [2.24, 2.45) is 0 Å². The van der Waals surface area contributed by atoms with Gasteiger partial charge in [0.05, 0.1) is 7.11 Å². The number of ether oxygens (including phenoxy) is 2. The number of benzene rings is 2. The largest absolute Gasteiger partial charge is 0.497 e. The molecule has 0 aliphatic carbocycles. The lowest BCUT2D eigenvalue weighted by Gasteiger charge is -2.11. The van der Waals surface area contributed by atoms with Crippen LogP contribution in [0.2, 0.25) is 0 Å². The lowest BCUT2D eigenvalue weighted by atomic mass is 10.2. The first-order valence-electron chi connectivity index (χ1n) is 6.35. The summed E-state index contributed by atoms with van der Waals surface area (Å²) in [5.74, 6) is 4.13. The first kappa shape index (κ1) is 13.8. The minimum Gasteiger partial charge on any atom is -0.497 e. The molecule has 0 unspecified atom stereocenters. The van der Waals surface area contributed by atoms with Crippen molar-refractivity contribution in [3.05, 3.63) is 54.1 Å². The van der Waals surface area contributed by atoms with Gasteiger partial charge in [-0.15, -0.1) is 6.42 Å². The summed E-state index contributed by atoms with van der Waals surface area (Å²) in [6.07, 6.45) is 5.22. The van der Waals surface area contributed by atoms with Gasteiger partial charge in [-0.1, -0.05) is 24.1 Å². The molecule has 0 bridgehead atoms. The van der Waals surface area contributed by atoms with Crippen molar-refractivity contribution in [3.8, 4) is 23.8 Å². The molecule has 2 aromatic carbocycles. The van der Waals surface area contributed by atoms with Gasteiger partial charge in [-0.25, -0.2) is 0 Å². The maximum absolute atomic E-state index is 5.52. The Kier molecular flexibility index (Phi) is 4.91. The molecule has 2 aromatic rings. The van der Waals surface area contributed by atoms with Crippen LogP contribution in [-0.2, 0) is 6.54 Å². The van der Waals surface area contributed by atoms with E-state index >= 15 is 0 Å². The minimum atomic E-state index is 0.277. The van der Waals surface area contributed by atoms with Gasteiger partial charge in [-0.3, -0.25) is 0 Å². The number of para-hydroxylation sites is 1. The van der Waals surface area contributed by atoms with E-state index < -0.39 is 0 Å². The van der Waals surface area contributed by atoms with Gasteiger partial charge in [0, 0.05) is 17.8 Å². The van der Waals surface area contributed by atoms with E-state index in [0.29, 0.717) is 6.54 Å². The Bertz CT molecular complexity index is 585. The molecule has 0 saturated heterocycles. The molecule has 3 heteroatoms. The molecule has 0 radical (unpaired) electrons. The lowest BCUT2D eigenvalue weighted by Crippen LogP contribution is -2.03. The molecule has 2 rings (SSSR count). The van der Waals surface area contributed by atoms with Crippen LogP contribution in [0.5, 0.6) is 11.5 Å². The number of terminal acetylenes is 1. The normalized spacial score (nSPS) is 9.60. The van der Waals surface area contributed by atoms with E-state index in [1.807, 2.05) is 48.5 Å². The Labute approximate surface area is 119 Å². The molecule has 0 atom stereocenters. The van der Waals surface area contributed by atoms with Gasteiger partial charge >= 0.3 is 0 Å². The lowest BCUT2D eigenvalue weighted by molar-refractivity contribution is 0.366. The highest BCUT2D eigenvalue weighted by molar-refractivity contribution is 5.47. The molecular formula is C17H17NO2. The van der Waals surface area contributed by atoms with Crippen molar-refractivity contribution < 1.29 is 9.47 Å². The molecule has 0 aliphatic heterocycles. The highest BCUT2D eigenvalue weighted by Gasteiger charge is 2.02. The van der Waals surface area contributed by atoms with Crippen molar-refractivity contribution in [3.63, 3.8) is 0 Å². The van der Waals surface area contributed by atoms with Crippen molar-refractivity contribution in [1.82, 2.24) is 0 Å². The number of rotatable bonds is 6. The Morgan fingerprint density at radius 2 is 1.85 bits per heavy atom. The first-order chi connectivity index (χ1) is 9.83. The molecule has 20 heavy (non-hydrogen) atoms. The van der Waals surface area contributed by atoms with Crippen LogP contribution >= 0.6 is 0 Å². The summed E-state index contributed by atoms with van der Waals surface area (Å²) >= 11 is 0. The summed E-state index contributed by atoms with van der Waals surface area (Å²) in [6, 6.07) is 15.6. The summed E-state index contributed by atoms with van der Waals surface area (Å²) < 4.78 is 10.6. The van der Waals surface area contributed by atoms with E-state index in [-0.39, 0.29) is 6.61 Å². The van der Waals surface area contributed by atoms with E-state index in [1.165, 1.54) is 0 Å². The molecule has 0 aliphatic rings. The number of hydrogen-bond acceptors (Lipinski definition) is 3. The predicted molar refractivity (Wildman–Crippen MR) is 81.1 cm³/mol. The maximum Gasteiger partial charge on any atom is 0.148 e. The second-order valence-electron chi connectivity index (χ2n) is 4.18. The number of nitrogens with one attached hydrogen (secondary N) is 1. The summed E-state index contributed by atoms with van der Waals surface area (Å²) in [4.78, 5) is 0. The fourth-order valence-corrected chi connectivity index (χ4v) is 1.82. The van der Waals surface area contributed by atoms with Crippen LogP contribution in [0.3, 0.4) is 0 Å². The molecule has 0 aromatic heterocycles. The molecule has 102 valence electrons. The fourth-order valence-electron chi connectivity index (χ4n) is 1.82. The summed E-state index contributed by atoms with van der Waals surface area (Å²) in [5.41, 5.74) is 2.09. The first-order valence-corrected chi connectivity index (χ1v) is 6.35. The SMILES string of the molecule is C#CCOc1ccccc1CNc1ccc(OC)cc1. The summed E-state index contributed by atoms with van der Waals surface area (Å²) in [6.45, 7) is 0.951. The van der Waals surface area contributed by atoms with E-state index in [4.69, 9.17) is 15.9 Å². The van der Waals surface area contributed by atoms with Crippen LogP contribution in [0.25, 0.3) is 0 Å². The zero-order valence-corrected chi connectivity index (χ0v) is 11.4. The quantitative estimate of drug-likeness (QED) is 0.814. The molecule has 3 nitrogen and oxygen atoms in total. The van der Waals surface area contributed by atoms with Crippen molar-refractivity contribution >= 4 is 5.69 Å². The average Bonchev–Trinajstić information content (AvgIpc) is 2.52. The predicted octanol–water partition coefficient (Wildman–Crippen LogP) is 3.32. The molecule has 0 amide bonds. The number of anilines is 1. The zero-order chi connectivity index (χ0) is 14.2. The third kappa shape index (κ3) is 3.69. The van der Waals surface area contributed by atoms with Crippen LogP contribution in [0.4, 0.5) is 5.69 Å². The van der Waals surface area contributed by atoms with E-state index in [0.717, 1.165) is 22.7 Å². The molecule has 0 heterocycles. The van der Waals surface area contributed by atoms with Crippen molar-refractivity contribution in [2.75, 3.05) is 19.0 Å². The third-order valence-electron chi connectivity index (χ3n) is 2.86. The van der Waals surface area contributed by atoms with Crippen LogP contribution in [0.1, 0.15) is 5.56 Å². The van der Waals surface area contributed by atoms with Crippen molar-refractivity contribution in [1.29, 1.82) is 0 Å². The van der Waals surface area contributed by atoms with E-state index in [9.17, 15) is 0 Å². The monoisotopic (exact) mass is 267 g/mol. The Morgan fingerprint density at radius 3 is 2.55 bits per heavy atom. The van der Waals surface area contributed by atoms with E-state index in [2.05, 4.69) is 11.2 Å². The molecule has 0 spiro atoms. The zero-order valence-electron chi connectivity index (χ0n) is 11.4. The van der Waals surface area contributed by atoms with Gasteiger partial charge in [-0.2, -0.15) is 0 Å². The van der Waals surface area contributed by atoms with Gasteiger partial charge in [0.25, 0.3) is 0 Å². The van der Waals surface area contributed by atoms with Crippen LogP contribution in [0.15, 0.2) is 48.5 Å². The minimum absolute atomic E-state index is 0.277. The molecule has 0 fully saturated rings. The molecule has 0 saturated carbocycles. The second kappa shape index (κ2) is 7.10. The molecule has 1 N–H and O–H groups in total. The van der Waals surface area contributed by atoms with Gasteiger partial charge in [0.1, 0.15) is 18.1 Å². The van der Waals surface area contributed by atoms with Gasteiger partial charge in [-0.05, 0) is 30.3 Å². The van der Waals surface area contributed by atoms with Crippen LogP contribution < -0.4 is 14.8 Å². The van der Waals surface area contributed by atoms with Gasteiger partial charge in [0.2, 0.25) is 0 Å². The van der Waals surface area contributed by atoms with Crippen LogP contribution in [0, 0.1) is 12.3 Å². The maximum atomic E-state index is 5.52. The van der Waals surface area contributed by atoms with E-state index in [1.54, 1.807) is 7.11 Å². The second-order valence-corrected chi connectivity index (χ2v) is 4.18. The van der Waals surface area contributed by atoms with Gasteiger partial charge in [0.15, 0.2) is 0 Å². The number of methoxy groups -OCH3 is 1. The topological polar surface area (TPSA) is 30.5 Å². The standard InChI is InChI=1S/C17H17NO2/c1-3-12-20-17-7-5-4-6-14(17)13-18-15-8-10-16(19-2)11-9-15/h1,4-11,18H,12-13H2,2H3. The van der Waals surface area contributed by atoms with Gasteiger partial charge < -0.3 is 14.8 Å². The third-order valence-corrected chi connectivity index (χ3v) is 2.86. The summed E-state index contributed by atoms with van der Waals surface area (Å²) in [7, 11) is 1.65. The Morgan fingerprint density at radius 1 is 1.10 bits per heavy atom. The average molecular weight is 267 g/mol. The Balaban J connectivity index is 2.01. The summed E-state index contributed by atoms with van der Waals surface area (Å²) in [5, 5.41) is 3.34. The highest BCUT2D eigenvalue weighted by atomic mass is 16.5. The van der Waals surface area contributed by atoms with Crippen molar-refractivity contribution in [2.45, 2.75) is 6.54 Å². The molecular weight excluding hydrogens is 250 g/mol.